The molecule has 2 aromatic rings. The average molecular weight is 316 g/mol. The highest BCUT2D eigenvalue weighted by molar-refractivity contribution is 5.89. The van der Waals surface area contributed by atoms with Crippen molar-refractivity contribution in [2.24, 2.45) is 0 Å². The van der Waals surface area contributed by atoms with E-state index in [4.69, 9.17) is 10.5 Å². The number of carbonyl (C=O) groups is 1. The fraction of sp³-hybridized carbons (Fsp3) is 0.312. The van der Waals surface area contributed by atoms with Crippen molar-refractivity contribution in [3.05, 3.63) is 36.2 Å². The van der Waals surface area contributed by atoms with Crippen LogP contribution in [0.5, 0.6) is 11.6 Å². The number of nitrogen functional groups attached to an aromatic ring is 1. The van der Waals surface area contributed by atoms with Crippen molar-refractivity contribution in [1.82, 2.24) is 9.97 Å². The van der Waals surface area contributed by atoms with Gasteiger partial charge in [0.1, 0.15) is 17.8 Å². The summed E-state index contributed by atoms with van der Waals surface area (Å²) >= 11 is 0. The number of carbonyl (C=O) groups excluding carboxylic acids is 1. The second-order valence-electron chi connectivity index (χ2n) is 5.01. The van der Waals surface area contributed by atoms with E-state index in [1.807, 2.05) is 6.92 Å². The van der Waals surface area contributed by atoms with Crippen molar-refractivity contribution in [2.45, 2.75) is 26.3 Å². The lowest BCUT2D eigenvalue weighted by Gasteiger charge is -2.15. The maximum atomic E-state index is 11.4. The molecule has 0 amide bonds. The number of ether oxygens (including phenoxy) is 2. The van der Waals surface area contributed by atoms with Gasteiger partial charge < -0.3 is 20.5 Å². The van der Waals surface area contributed by atoms with Gasteiger partial charge in [-0.3, -0.25) is 0 Å². The lowest BCUT2D eigenvalue weighted by molar-refractivity contribution is 0.0600. The molecule has 1 heterocycles. The molecule has 2 rings (SSSR count). The fourth-order valence-corrected chi connectivity index (χ4v) is 1.80. The molecule has 0 bridgehead atoms. The highest BCUT2D eigenvalue weighted by Gasteiger charge is 2.12. The number of benzene rings is 1. The molecule has 1 aromatic carbocycles. The zero-order chi connectivity index (χ0) is 16.8. The van der Waals surface area contributed by atoms with Gasteiger partial charge >= 0.3 is 5.97 Å². The first-order valence-electron chi connectivity index (χ1n) is 7.28. The summed E-state index contributed by atoms with van der Waals surface area (Å²) in [5.41, 5.74) is 6.82. The third-order valence-corrected chi connectivity index (χ3v) is 3.33. The van der Waals surface area contributed by atoms with Crippen molar-refractivity contribution in [1.29, 1.82) is 0 Å². The first-order chi connectivity index (χ1) is 11.0. The number of esters is 1. The van der Waals surface area contributed by atoms with E-state index in [2.05, 4.69) is 26.9 Å². The molecule has 1 unspecified atom stereocenters. The monoisotopic (exact) mass is 316 g/mol. The summed E-state index contributed by atoms with van der Waals surface area (Å²) in [6.07, 6.45) is 2.33. The van der Waals surface area contributed by atoms with Crippen molar-refractivity contribution in [3.63, 3.8) is 0 Å². The average Bonchev–Trinajstić information content (AvgIpc) is 2.58. The Morgan fingerprint density at radius 3 is 2.61 bits per heavy atom. The summed E-state index contributed by atoms with van der Waals surface area (Å²) in [7, 11) is 1.33. The Morgan fingerprint density at radius 2 is 2.00 bits per heavy atom. The minimum atomic E-state index is -0.405. The maximum absolute atomic E-state index is 11.4. The summed E-state index contributed by atoms with van der Waals surface area (Å²) in [5.74, 6) is 0.905. The summed E-state index contributed by atoms with van der Waals surface area (Å²) in [4.78, 5) is 19.6. The van der Waals surface area contributed by atoms with E-state index < -0.39 is 5.97 Å². The van der Waals surface area contributed by atoms with E-state index in [1.165, 1.54) is 13.4 Å². The third kappa shape index (κ3) is 4.09. The zero-order valence-electron chi connectivity index (χ0n) is 13.4. The second kappa shape index (κ2) is 7.44. The van der Waals surface area contributed by atoms with Crippen molar-refractivity contribution < 1.29 is 14.3 Å². The van der Waals surface area contributed by atoms with E-state index in [-0.39, 0.29) is 11.9 Å². The molecule has 122 valence electrons. The molecule has 7 heteroatoms. The fourth-order valence-electron chi connectivity index (χ4n) is 1.80. The maximum Gasteiger partial charge on any atom is 0.337 e. The lowest BCUT2D eigenvalue weighted by Crippen LogP contribution is -2.16. The van der Waals surface area contributed by atoms with Gasteiger partial charge in [0.15, 0.2) is 5.82 Å². The van der Waals surface area contributed by atoms with Gasteiger partial charge in [-0.15, -0.1) is 0 Å². The first-order valence-corrected chi connectivity index (χ1v) is 7.28. The molecule has 0 saturated carbocycles. The van der Waals surface area contributed by atoms with Gasteiger partial charge in [-0.2, -0.15) is 4.98 Å². The molecule has 1 atom stereocenters. The van der Waals surface area contributed by atoms with Crippen LogP contribution < -0.4 is 15.8 Å². The van der Waals surface area contributed by atoms with Gasteiger partial charge in [-0.25, -0.2) is 9.78 Å². The number of anilines is 2. The zero-order valence-corrected chi connectivity index (χ0v) is 13.4. The van der Waals surface area contributed by atoms with Crippen LogP contribution in [-0.2, 0) is 4.74 Å². The highest BCUT2D eigenvalue weighted by atomic mass is 16.5. The Hall–Kier alpha value is -2.83. The minimum absolute atomic E-state index is 0.236. The number of rotatable bonds is 6. The van der Waals surface area contributed by atoms with Gasteiger partial charge in [-0.1, -0.05) is 6.92 Å². The molecule has 0 aliphatic rings. The molecule has 7 nitrogen and oxygen atoms in total. The van der Waals surface area contributed by atoms with Crippen LogP contribution in [0.1, 0.15) is 30.6 Å². The molecule has 0 fully saturated rings. The van der Waals surface area contributed by atoms with E-state index in [9.17, 15) is 4.79 Å². The van der Waals surface area contributed by atoms with Crippen LogP contribution in [0, 0.1) is 0 Å². The van der Waals surface area contributed by atoms with E-state index >= 15 is 0 Å². The van der Waals surface area contributed by atoms with E-state index in [0.717, 1.165) is 6.42 Å². The normalized spacial score (nSPS) is 11.6. The molecule has 0 aliphatic carbocycles. The van der Waals surface area contributed by atoms with Crippen LogP contribution in [-0.4, -0.2) is 29.1 Å². The number of aromatic nitrogens is 2. The Labute approximate surface area is 134 Å². The van der Waals surface area contributed by atoms with Crippen molar-refractivity contribution in [2.75, 3.05) is 18.2 Å². The van der Waals surface area contributed by atoms with E-state index in [1.54, 1.807) is 24.3 Å². The van der Waals surface area contributed by atoms with Crippen LogP contribution in [0.2, 0.25) is 0 Å². The van der Waals surface area contributed by atoms with Crippen LogP contribution in [0.25, 0.3) is 0 Å². The molecule has 3 N–H and O–H groups in total. The number of nitrogens with two attached hydrogens (primary N) is 1. The smallest absolute Gasteiger partial charge is 0.337 e. The Kier molecular flexibility index (Phi) is 5.35. The van der Waals surface area contributed by atoms with Crippen LogP contribution >= 0.6 is 0 Å². The van der Waals surface area contributed by atoms with Gasteiger partial charge in [0.2, 0.25) is 5.88 Å². The Balaban J connectivity index is 2.16. The number of nitrogens with zero attached hydrogens (tertiary/aromatic N) is 2. The quantitative estimate of drug-likeness (QED) is 0.790. The lowest BCUT2D eigenvalue weighted by atomic mass is 10.2. The molecule has 0 saturated heterocycles. The summed E-state index contributed by atoms with van der Waals surface area (Å²) in [6.45, 7) is 4.10. The molecular weight excluding hydrogens is 296 g/mol. The van der Waals surface area contributed by atoms with Gasteiger partial charge in [-0.05, 0) is 37.6 Å². The van der Waals surface area contributed by atoms with Crippen LogP contribution in [0.15, 0.2) is 30.6 Å². The van der Waals surface area contributed by atoms with Crippen molar-refractivity contribution >= 4 is 17.5 Å². The summed E-state index contributed by atoms with van der Waals surface area (Å²) < 4.78 is 10.3. The predicted octanol–water partition coefficient (Wildman–Crippen LogP) is 2.85. The topological polar surface area (TPSA) is 99.4 Å². The van der Waals surface area contributed by atoms with Gasteiger partial charge in [0, 0.05) is 6.04 Å². The van der Waals surface area contributed by atoms with Gasteiger partial charge in [0.25, 0.3) is 0 Å². The molecule has 0 aliphatic heterocycles. The summed E-state index contributed by atoms with van der Waals surface area (Å²) in [5, 5.41) is 3.20. The Bertz CT molecular complexity index is 674. The summed E-state index contributed by atoms with van der Waals surface area (Å²) in [6, 6.07) is 6.75. The first kappa shape index (κ1) is 16.5. The Morgan fingerprint density at radius 1 is 1.30 bits per heavy atom. The largest absolute Gasteiger partial charge is 0.465 e. The molecule has 23 heavy (non-hydrogen) atoms. The standard InChI is InChI=1S/C16H20N4O3/c1-4-10(2)20-14-13(17)15(19-9-18-14)23-12-7-5-11(6-8-12)16(21)22-3/h5-10H,4,17H2,1-3H3,(H,18,19,20). The SMILES string of the molecule is CCC(C)Nc1ncnc(Oc2ccc(C(=O)OC)cc2)c1N. The molecule has 0 spiro atoms. The van der Waals surface area contributed by atoms with E-state index in [0.29, 0.717) is 22.8 Å². The van der Waals surface area contributed by atoms with Crippen LogP contribution in [0.3, 0.4) is 0 Å². The highest BCUT2D eigenvalue weighted by Crippen LogP contribution is 2.29. The molecular formula is C16H20N4O3. The predicted molar refractivity (Wildman–Crippen MR) is 87.7 cm³/mol. The number of methoxy groups -OCH3 is 1. The van der Waals surface area contributed by atoms with Crippen LogP contribution in [0.4, 0.5) is 11.5 Å². The minimum Gasteiger partial charge on any atom is -0.465 e. The van der Waals surface area contributed by atoms with Gasteiger partial charge in [0.05, 0.1) is 12.7 Å². The number of nitrogens with one attached hydrogen (secondary N) is 1. The number of hydrogen-bond donors (Lipinski definition) is 2. The number of hydrogen-bond acceptors (Lipinski definition) is 7. The second-order valence-corrected chi connectivity index (χ2v) is 5.01. The molecule has 1 aromatic heterocycles. The van der Waals surface area contributed by atoms with Crippen molar-refractivity contribution in [3.8, 4) is 11.6 Å². The molecule has 0 radical (unpaired) electrons. The third-order valence-electron chi connectivity index (χ3n) is 3.33.